The van der Waals surface area contributed by atoms with Crippen LogP contribution in [0.5, 0.6) is 0 Å². The van der Waals surface area contributed by atoms with Gasteiger partial charge in [-0.2, -0.15) is 0 Å². The van der Waals surface area contributed by atoms with Gasteiger partial charge in [-0.15, -0.1) is 0 Å². The molecule has 0 bridgehead atoms. The molecule has 1 aromatic rings. The van der Waals surface area contributed by atoms with Crippen molar-refractivity contribution in [2.24, 2.45) is 0 Å². The predicted octanol–water partition coefficient (Wildman–Crippen LogP) is 1.32. The van der Waals surface area contributed by atoms with Gasteiger partial charge >= 0.3 is 0 Å². The summed E-state index contributed by atoms with van der Waals surface area (Å²) in [7, 11) is 2.14. The van der Waals surface area contributed by atoms with Crippen LogP contribution in [0.15, 0.2) is 16.6 Å². The molecule has 1 fully saturated rings. The van der Waals surface area contributed by atoms with Gasteiger partial charge in [0.25, 0.3) is 5.91 Å². The monoisotopic (exact) mass is 354 g/mol. The van der Waals surface area contributed by atoms with Gasteiger partial charge in [-0.3, -0.25) is 9.69 Å². The Morgan fingerprint density at radius 3 is 2.67 bits per heavy atom. The number of amides is 1. The summed E-state index contributed by atoms with van der Waals surface area (Å²) in [6.07, 6.45) is 0. The fraction of sp³-hybridized carbons (Fsp3) is 0.533. The van der Waals surface area contributed by atoms with Crippen molar-refractivity contribution < 1.29 is 4.79 Å². The maximum atomic E-state index is 12.2. The Kier molecular flexibility index (Phi) is 5.61. The van der Waals surface area contributed by atoms with E-state index in [1.54, 1.807) is 0 Å². The van der Waals surface area contributed by atoms with E-state index in [0.29, 0.717) is 17.8 Å². The molecule has 0 atom stereocenters. The maximum Gasteiger partial charge on any atom is 0.251 e. The van der Waals surface area contributed by atoms with Crippen LogP contribution in [0.2, 0.25) is 0 Å². The minimum atomic E-state index is -0.0605. The third kappa shape index (κ3) is 4.43. The highest BCUT2D eigenvalue weighted by molar-refractivity contribution is 9.10. The van der Waals surface area contributed by atoms with Crippen molar-refractivity contribution in [3.05, 3.63) is 27.7 Å². The van der Waals surface area contributed by atoms with Gasteiger partial charge in [-0.05, 0) is 31.7 Å². The van der Waals surface area contributed by atoms with E-state index in [1.165, 1.54) is 0 Å². The van der Waals surface area contributed by atoms with Gasteiger partial charge in [0, 0.05) is 55.0 Å². The molecule has 0 aliphatic carbocycles. The molecule has 1 aromatic carbocycles. The van der Waals surface area contributed by atoms with Gasteiger partial charge in [-0.25, -0.2) is 0 Å². The first kappa shape index (κ1) is 16.3. The number of hydrogen-bond donors (Lipinski definition) is 2. The van der Waals surface area contributed by atoms with Gasteiger partial charge < -0.3 is 16.0 Å². The van der Waals surface area contributed by atoms with Gasteiger partial charge in [0.05, 0.1) is 0 Å². The Morgan fingerprint density at radius 2 is 2.00 bits per heavy atom. The fourth-order valence-corrected chi connectivity index (χ4v) is 2.91. The second-order valence-corrected chi connectivity index (χ2v) is 6.48. The van der Waals surface area contributed by atoms with Gasteiger partial charge in [0.15, 0.2) is 0 Å². The van der Waals surface area contributed by atoms with Crippen LogP contribution >= 0.6 is 15.9 Å². The first-order chi connectivity index (χ1) is 9.97. The number of nitrogens with one attached hydrogen (secondary N) is 1. The van der Waals surface area contributed by atoms with Crippen LogP contribution in [0, 0.1) is 6.92 Å². The lowest BCUT2D eigenvalue weighted by Gasteiger charge is -2.32. The lowest BCUT2D eigenvalue weighted by atomic mass is 10.1. The molecular formula is C15H23BrN4O. The molecule has 0 saturated carbocycles. The number of carbonyl (C=O) groups excluding carboxylic acids is 1. The third-order valence-corrected chi connectivity index (χ3v) is 4.42. The van der Waals surface area contributed by atoms with Crippen LogP contribution in [0.25, 0.3) is 0 Å². The minimum Gasteiger partial charge on any atom is -0.398 e. The molecule has 3 N–H and O–H groups in total. The molecule has 1 aliphatic heterocycles. The van der Waals surface area contributed by atoms with Crippen molar-refractivity contribution in [1.82, 2.24) is 15.1 Å². The molecule has 1 aliphatic rings. The molecule has 0 unspecified atom stereocenters. The quantitative estimate of drug-likeness (QED) is 0.800. The van der Waals surface area contributed by atoms with E-state index in [4.69, 9.17) is 5.73 Å². The van der Waals surface area contributed by atoms with E-state index in [2.05, 4.69) is 38.1 Å². The predicted molar refractivity (Wildman–Crippen MR) is 89.6 cm³/mol. The smallest absolute Gasteiger partial charge is 0.251 e. The average Bonchev–Trinajstić information content (AvgIpc) is 2.44. The number of rotatable bonds is 4. The van der Waals surface area contributed by atoms with Crippen molar-refractivity contribution in [2.75, 3.05) is 52.0 Å². The standard InChI is InChI=1S/C15H23BrN4O/c1-11-13(9-12(16)10-14(11)17)15(21)18-3-4-20-7-5-19(2)6-8-20/h9-10H,3-8,17H2,1-2H3,(H,18,21). The topological polar surface area (TPSA) is 61.6 Å². The summed E-state index contributed by atoms with van der Waals surface area (Å²) < 4.78 is 0.829. The van der Waals surface area contributed by atoms with E-state index >= 15 is 0 Å². The Balaban J connectivity index is 1.85. The number of likely N-dealkylation sites (N-methyl/N-ethyl adjacent to an activating group) is 1. The van der Waals surface area contributed by atoms with E-state index in [1.807, 2.05) is 19.1 Å². The molecule has 116 valence electrons. The van der Waals surface area contributed by atoms with Crippen molar-refractivity contribution in [1.29, 1.82) is 0 Å². The molecule has 0 radical (unpaired) electrons. The Morgan fingerprint density at radius 1 is 1.33 bits per heavy atom. The molecular weight excluding hydrogens is 332 g/mol. The molecule has 0 aromatic heterocycles. The molecule has 0 spiro atoms. The van der Waals surface area contributed by atoms with Gasteiger partial charge in [-0.1, -0.05) is 15.9 Å². The van der Waals surface area contributed by atoms with Crippen molar-refractivity contribution in [3.63, 3.8) is 0 Å². The zero-order valence-electron chi connectivity index (χ0n) is 12.7. The molecule has 6 heteroatoms. The molecule has 2 rings (SSSR count). The van der Waals surface area contributed by atoms with Crippen molar-refractivity contribution >= 4 is 27.5 Å². The van der Waals surface area contributed by atoms with Gasteiger partial charge in [0.2, 0.25) is 0 Å². The van der Waals surface area contributed by atoms with Crippen molar-refractivity contribution in [2.45, 2.75) is 6.92 Å². The summed E-state index contributed by atoms with van der Waals surface area (Å²) in [5, 5.41) is 2.98. The molecule has 1 amide bonds. The second-order valence-electron chi connectivity index (χ2n) is 5.57. The number of anilines is 1. The summed E-state index contributed by atoms with van der Waals surface area (Å²) >= 11 is 3.38. The van der Waals surface area contributed by atoms with Crippen LogP contribution in [0.4, 0.5) is 5.69 Å². The number of halogens is 1. The Hall–Kier alpha value is -1.11. The molecule has 5 nitrogen and oxygen atoms in total. The summed E-state index contributed by atoms with van der Waals surface area (Å²) in [6, 6.07) is 3.63. The largest absolute Gasteiger partial charge is 0.398 e. The number of nitrogens with two attached hydrogens (primary N) is 1. The zero-order valence-corrected chi connectivity index (χ0v) is 14.2. The third-order valence-electron chi connectivity index (χ3n) is 3.97. The summed E-state index contributed by atoms with van der Waals surface area (Å²) in [4.78, 5) is 16.9. The number of piperazine rings is 1. The number of benzene rings is 1. The Labute approximate surface area is 134 Å². The van der Waals surface area contributed by atoms with Crippen LogP contribution < -0.4 is 11.1 Å². The van der Waals surface area contributed by atoms with E-state index < -0.39 is 0 Å². The average molecular weight is 355 g/mol. The number of nitrogen functional groups attached to an aromatic ring is 1. The van der Waals surface area contributed by atoms with Crippen LogP contribution in [0.3, 0.4) is 0 Å². The van der Waals surface area contributed by atoms with E-state index in [9.17, 15) is 4.79 Å². The molecule has 1 heterocycles. The fourth-order valence-electron chi connectivity index (χ4n) is 2.43. The van der Waals surface area contributed by atoms with E-state index in [0.717, 1.165) is 42.8 Å². The Bertz CT molecular complexity index is 513. The highest BCUT2D eigenvalue weighted by atomic mass is 79.9. The maximum absolute atomic E-state index is 12.2. The van der Waals surface area contributed by atoms with Crippen LogP contribution in [-0.4, -0.2) is 62.0 Å². The van der Waals surface area contributed by atoms with Gasteiger partial charge in [0.1, 0.15) is 0 Å². The minimum absolute atomic E-state index is 0.0605. The SMILES string of the molecule is Cc1c(N)cc(Br)cc1C(=O)NCCN1CCN(C)CC1. The lowest BCUT2D eigenvalue weighted by molar-refractivity contribution is 0.0940. The van der Waals surface area contributed by atoms with Crippen LogP contribution in [0.1, 0.15) is 15.9 Å². The zero-order chi connectivity index (χ0) is 15.4. The number of carbonyl (C=O) groups is 1. The van der Waals surface area contributed by atoms with Crippen LogP contribution in [-0.2, 0) is 0 Å². The highest BCUT2D eigenvalue weighted by Gasteiger charge is 2.15. The second kappa shape index (κ2) is 7.24. The summed E-state index contributed by atoms with van der Waals surface area (Å²) in [5.74, 6) is -0.0605. The summed E-state index contributed by atoms with van der Waals surface area (Å²) in [5.41, 5.74) is 8.00. The highest BCUT2D eigenvalue weighted by Crippen LogP contribution is 2.22. The first-order valence-electron chi connectivity index (χ1n) is 7.22. The number of hydrogen-bond acceptors (Lipinski definition) is 4. The van der Waals surface area contributed by atoms with Crippen molar-refractivity contribution in [3.8, 4) is 0 Å². The lowest BCUT2D eigenvalue weighted by Crippen LogP contribution is -2.46. The van der Waals surface area contributed by atoms with E-state index in [-0.39, 0.29) is 5.91 Å². The number of nitrogens with zero attached hydrogens (tertiary/aromatic N) is 2. The summed E-state index contributed by atoms with van der Waals surface area (Å²) in [6.45, 7) is 7.74. The first-order valence-corrected chi connectivity index (χ1v) is 8.01. The molecule has 1 saturated heterocycles. The molecule has 21 heavy (non-hydrogen) atoms. The normalized spacial score (nSPS) is 16.9.